The molecule has 112 valence electrons. The predicted molar refractivity (Wildman–Crippen MR) is 86.3 cm³/mol. The Labute approximate surface area is 127 Å². The van der Waals surface area contributed by atoms with Crippen molar-refractivity contribution in [3.63, 3.8) is 0 Å². The van der Waals surface area contributed by atoms with Crippen LogP contribution >= 0.6 is 0 Å². The molecule has 0 radical (unpaired) electrons. The predicted octanol–water partition coefficient (Wildman–Crippen LogP) is 3.01. The summed E-state index contributed by atoms with van der Waals surface area (Å²) in [4.78, 5) is 13.7. The summed E-state index contributed by atoms with van der Waals surface area (Å²) in [5.74, 6) is 0.726. The van der Waals surface area contributed by atoms with Gasteiger partial charge in [0.05, 0.1) is 0 Å². The van der Waals surface area contributed by atoms with E-state index in [1.807, 2.05) is 18.3 Å². The minimum absolute atomic E-state index is 0.726. The van der Waals surface area contributed by atoms with Crippen LogP contribution in [0.2, 0.25) is 0 Å². The number of hydrogen-bond donors (Lipinski definition) is 1. The number of nitrogens with zero attached hydrogens (tertiary/aromatic N) is 3. The summed E-state index contributed by atoms with van der Waals surface area (Å²) in [6.45, 7) is 10.4. The van der Waals surface area contributed by atoms with E-state index in [4.69, 9.17) is 0 Å². The number of rotatable bonds is 6. The number of aryl methyl sites for hydroxylation is 3. The third-order valence-electron chi connectivity index (χ3n) is 3.60. The second kappa shape index (κ2) is 7.27. The smallest absolute Gasteiger partial charge is 0.178 e. The van der Waals surface area contributed by atoms with Gasteiger partial charge in [0.1, 0.15) is 5.69 Å². The normalized spacial score (nSPS) is 10.9. The molecule has 1 N–H and O–H groups in total. The lowest BCUT2D eigenvalue weighted by Gasteiger charge is -2.11. The third kappa shape index (κ3) is 4.08. The van der Waals surface area contributed by atoms with Gasteiger partial charge in [-0.1, -0.05) is 6.92 Å². The zero-order valence-electron chi connectivity index (χ0n) is 13.4. The van der Waals surface area contributed by atoms with Gasteiger partial charge in [-0.15, -0.1) is 0 Å². The fraction of sp³-hybridized carbons (Fsp3) is 0.471. The molecule has 0 aliphatic heterocycles. The van der Waals surface area contributed by atoms with Gasteiger partial charge < -0.3 is 5.32 Å². The third-order valence-corrected chi connectivity index (χ3v) is 3.60. The summed E-state index contributed by atoms with van der Waals surface area (Å²) in [5, 5.41) is 3.35. The van der Waals surface area contributed by atoms with Crippen LogP contribution in [0.1, 0.15) is 35.9 Å². The number of nitrogens with one attached hydrogen (secondary N) is 1. The molecule has 0 saturated heterocycles. The fourth-order valence-electron chi connectivity index (χ4n) is 2.44. The van der Waals surface area contributed by atoms with Gasteiger partial charge in [-0.2, -0.15) is 0 Å². The highest BCUT2D eigenvalue weighted by molar-refractivity contribution is 5.51. The molecule has 4 heteroatoms. The van der Waals surface area contributed by atoms with Crippen LogP contribution in [0.5, 0.6) is 0 Å². The van der Waals surface area contributed by atoms with Crippen molar-refractivity contribution in [1.29, 1.82) is 0 Å². The van der Waals surface area contributed by atoms with Crippen LogP contribution < -0.4 is 5.32 Å². The molecule has 0 aliphatic rings. The monoisotopic (exact) mass is 284 g/mol. The van der Waals surface area contributed by atoms with Crippen molar-refractivity contribution in [1.82, 2.24) is 20.3 Å². The van der Waals surface area contributed by atoms with Crippen LogP contribution in [-0.2, 0) is 6.42 Å². The molecule has 0 aromatic carbocycles. The Morgan fingerprint density at radius 1 is 1.10 bits per heavy atom. The topological polar surface area (TPSA) is 50.7 Å². The van der Waals surface area contributed by atoms with E-state index < -0.39 is 0 Å². The van der Waals surface area contributed by atoms with Gasteiger partial charge in [-0.3, -0.25) is 4.98 Å². The van der Waals surface area contributed by atoms with E-state index in [0.717, 1.165) is 48.8 Å². The average molecular weight is 284 g/mol. The first-order valence-corrected chi connectivity index (χ1v) is 7.59. The molecule has 0 atom stereocenters. The Bertz CT molecular complexity index is 584. The van der Waals surface area contributed by atoms with Crippen molar-refractivity contribution in [3.8, 4) is 11.5 Å². The Morgan fingerprint density at radius 2 is 1.81 bits per heavy atom. The summed E-state index contributed by atoms with van der Waals surface area (Å²) < 4.78 is 0. The SMILES string of the molecule is CCNCCCc1c(C)nc(-c2cc(C)ccn2)nc1C. The molecule has 0 unspecified atom stereocenters. The van der Waals surface area contributed by atoms with Crippen molar-refractivity contribution >= 4 is 0 Å². The van der Waals surface area contributed by atoms with Crippen LogP contribution in [-0.4, -0.2) is 28.0 Å². The van der Waals surface area contributed by atoms with Gasteiger partial charge in [0, 0.05) is 17.6 Å². The van der Waals surface area contributed by atoms with E-state index in [2.05, 4.69) is 48.0 Å². The summed E-state index contributed by atoms with van der Waals surface area (Å²) in [6.07, 6.45) is 3.94. The zero-order valence-corrected chi connectivity index (χ0v) is 13.4. The van der Waals surface area contributed by atoms with Gasteiger partial charge >= 0.3 is 0 Å². The molecular formula is C17H24N4. The molecule has 2 aromatic rings. The second-order valence-corrected chi connectivity index (χ2v) is 5.37. The van der Waals surface area contributed by atoms with Gasteiger partial charge in [0.15, 0.2) is 5.82 Å². The minimum Gasteiger partial charge on any atom is -0.317 e. The molecule has 0 fully saturated rings. The van der Waals surface area contributed by atoms with Crippen molar-refractivity contribution in [2.24, 2.45) is 0 Å². The van der Waals surface area contributed by atoms with E-state index in [0.29, 0.717) is 0 Å². The van der Waals surface area contributed by atoms with Crippen LogP contribution in [0.3, 0.4) is 0 Å². The summed E-state index contributed by atoms with van der Waals surface area (Å²) in [7, 11) is 0. The first-order chi connectivity index (χ1) is 10.1. The van der Waals surface area contributed by atoms with Gasteiger partial charge in [-0.25, -0.2) is 9.97 Å². The summed E-state index contributed by atoms with van der Waals surface area (Å²) in [5.41, 5.74) is 5.42. The Balaban J connectivity index is 2.20. The van der Waals surface area contributed by atoms with Gasteiger partial charge in [-0.05, 0) is 70.0 Å². The minimum atomic E-state index is 0.726. The van der Waals surface area contributed by atoms with Crippen molar-refractivity contribution in [3.05, 3.63) is 40.8 Å². The van der Waals surface area contributed by atoms with E-state index in [1.54, 1.807) is 0 Å². The van der Waals surface area contributed by atoms with Gasteiger partial charge in [0.25, 0.3) is 0 Å². The highest BCUT2D eigenvalue weighted by Crippen LogP contribution is 2.18. The molecule has 4 nitrogen and oxygen atoms in total. The molecule has 2 aromatic heterocycles. The van der Waals surface area contributed by atoms with E-state index in [9.17, 15) is 0 Å². The largest absolute Gasteiger partial charge is 0.317 e. The molecule has 0 bridgehead atoms. The number of hydrogen-bond acceptors (Lipinski definition) is 4. The molecule has 0 spiro atoms. The first-order valence-electron chi connectivity index (χ1n) is 7.59. The maximum atomic E-state index is 4.65. The Hall–Kier alpha value is -1.81. The molecule has 2 heterocycles. The van der Waals surface area contributed by atoms with E-state index in [1.165, 1.54) is 11.1 Å². The molecule has 2 rings (SSSR count). The molecule has 21 heavy (non-hydrogen) atoms. The van der Waals surface area contributed by atoms with Crippen molar-refractivity contribution in [2.75, 3.05) is 13.1 Å². The first kappa shape index (κ1) is 15.6. The average Bonchev–Trinajstić information content (AvgIpc) is 2.45. The zero-order chi connectivity index (χ0) is 15.2. The fourth-order valence-corrected chi connectivity index (χ4v) is 2.44. The maximum Gasteiger partial charge on any atom is 0.178 e. The lowest BCUT2D eigenvalue weighted by atomic mass is 10.1. The number of pyridine rings is 1. The molecule has 0 aliphatic carbocycles. The van der Waals surface area contributed by atoms with Crippen LogP contribution in [0.15, 0.2) is 18.3 Å². The quantitative estimate of drug-likeness (QED) is 0.828. The highest BCUT2D eigenvalue weighted by atomic mass is 14.9. The van der Waals surface area contributed by atoms with Gasteiger partial charge in [0.2, 0.25) is 0 Å². The second-order valence-electron chi connectivity index (χ2n) is 5.37. The lowest BCUT2D eigenvalue weighted by Crippen LogP contribution is -2.15. The van der Waals surface area contributed by atoms with Crippen LogP contribution in [0, 0.1) is 20.8 Å². The number of aromatic nitrogens is 3. The standard InChI is InChI=1S/C17H24N4/c1-5-18-9-6-7-15-13(3)20-17(21-14(15)4)16-11-12(2)8-10-19-16/h8,10-11,18H,5-7,9H2,1-4H3. The maximum absolute atomic E-state index is 4.65. The summed E-state index contributed by atoms with van der Waals surface area (Å²) >= 11 is 0. The van der Waals surface area contributed by atoms with Crippen molar-refractivity contribution < 1.29 is 0 Å². The molecular weight excluding hydrogens is 260 g/mol. The van der Waals surface area contributed by atoms with E-state index >= 15 is 0 Å². The van der Waals surface area contributed by atoms with Crippen LogP contribution in [0.4, 0.5) is 0 Å². The Morgan fingerprint density at radius 3 is 2.43 bits per heavy atom. The molecule has 0 amide bonds. The molecule has 0 saturated carbocycles. The highest BCUT2D eigenvalue weighted by Gasteiger charge is 2.10. The van der Waals surface area contributed by atoms with E-state index in [-0.39, 0.29) is 0 Å². The van der Waals surface area contributed by atoms with Crippen molar-refractivity contribution in [2.45, 2.75) is 40.5 Å². The van der Waals surface area contributed by atoms with Crippen LogP contribution in [0.25, 0.3) is 11.5 Å². The Kier molecular flexibility index (Phi) is 5.39. The lowest BCUT2D eigenvalue weighted by molar-refractivity contribution is 0.667. The summed E-state index contributed by atoms with van der Waals surface area (Å²) in [6, 6.07) is 4.01.